The van der Waals surface area contributed by atoms with Crippen LogP contribution in [0.3, 0.4) is 0 Å². The molecule has 1 aliphatic rings. The quantitative estimate of drug-likeness (QED) is 0.790. The molecule has 3 rings (SSSR count). The number of anilines is 2. The van der Waals surface area contributed by atoms with Crippen molar-refractivity contribution in [2.75, 3.05) is 23.8 Å². The minimum Gasteiger partial charge on any atom is -0.370 e. The summed E-state index contributed by atoms with van der Waals surface area (Å²) in [4.78, 5) is 16.3. The number of nitrogens with one attached hydrogen (secondary N) is 2. The Morgan fingerprint density at radius 3 is 2.84 bits per heavy atom. The summed E-state index contributed by atoms with van der Waals surface area (Å²) in [6, 6.07) is 9.13. The summed E-state index contributed by atoms with van der Waals surface area (Å²) >= 11 is 12.0. The summed E-state index contributed by atoms with van der Waals surface area (Å²) in [5.74, 6) is 0.623. The molecule has 2 N–H and O–H groups in total. The molecule has 132 valence electrons. The number of hydrogen-bond donors (Lipinski definition) is 2. The first-order chi connectivity index (χ1) is 12.1. The van der Waals surface area contributed by atoms with Crippen molar-refractivity contribution in [1.82, 2.24) is 4.98 Å². The molecule has 1 aromatic heterocycles. The standard InChI is InChI=1S/C18H19Cl2N3O2/c19-13-4-3-12(15(20)10-13)7-8-21-17-6-5-14(11-22-17)23-18(24)16-2-1-9-25-16/h3-6,10-11,16H,1-2,7-9H2,(H,21,22)(H,23,24). The fourth-order valence-corrected chi connectivity index (χ4v) is 3.13. The Morgan fingerprint density at radius 1 is 1.28 bits per heavy atom. The Kier molecular flexibility index (Phi) is 6.13. The first-order valence-electron chi connectivity index (χ1n) is 8.18. The van der Waals surface area contributed by atoms with Gasteiger partial charge < -0.3 is 15.4 Å². The number of rotatable bonds is 6. The summed E-state index contributed by atoms with van der Waals surface area (Å²) in [6.07, 6.45) is 3.74. The maximum atomic E-state index is 12.0. The second-order valence-corrected chi connectivity index (χ2v) is 6.68. The summed E-state index contributed by atoms with van der Waals surface area (Å²) in [6.45, 7) is 1.34. The largest absolute Gasteiger partial charge is 0.370 e. The Hall–Kier alpha value is -1.82. The zero-order valence-corrected chi connectivity index (χ0v) is 15.1. The number of carbonyl (C=O) groups excluding carboxylic acids is 1. The minimum absolute atomic E-state index is 0.114. The lowest BCUT2D eigenvalue weighted by Crippen LogP contribution is -2.26. The number of carbonyl (C=O) groups is 1. The van der Waals surface area contributed by atoms with E-state index in [0.717, 1.165) is 30.6 Å². The van der Waals surface area contributed by atoms with E-state index >= 15 is 0 Å². The molecule has 1 amide bonds. The molecular weight excluding hydrogens is 361 g/mol. The van der Waals surface area contributed by atoms with E-state index < -0.39 is 0 Å². The third-order valence-electron chi connectivity index (χ3n) is 3.97. The molecule has 1 aliphatic heterocycles. The van der Waals surface area contributed by atoms with Gasteiger partial charge in [0.2, 0.25) is 0 Å². The summed E-state index contributed by atoms with van der Waals surface area (Å²) < 4.78 is 5.36. The van der Waals surface area contributed by atoms with Crippen LogP contribution in [0.1, 0.15) is 18.4 Å². The normalized spacial score (nSPS) is 16.6. The lowest BCUT2D eigenvalue weighted by atomic mass is 10.1. The van der Waals surface area contributed by atoms with Crippen LogP contribution in [0.4, 0.5) is 11.5 Å². The van der Waals surface area contributed by atoms with E-state index in [1.807, 2.05) is 24.3 Å². The molecule has 5 nitrogen and oxygen atoms in total. The minimum atomic E-state index is -0.345. The van der Waals surface area contributed by atoms with Crippen LogP contribution in [0, 0.1) is 0 Å². The highest BCUT2D eigenvalue weighted by molar-refractivity contribution is 6.35. The number of hydrogen-bond acceptors (Lipinski definition) is 4. The van der Waals surface area contributed by atoms with Crippen molar-refractivity contribution in [3.8, 4) is 0 Å². The fraction of sp³-hybridized carbons (Fsp3) is 0.333. The van der Waals surface area contributed by atoms with Crippen molar-refractivity contribution < 1.29 is 9.53 Å². The van der Waals surface area contributed by atoms with E-state index in [1.165, 1.54) is 0 Å². The Morgan fingerprint density at radius 2 is 2.16 bits per heavy atom. The second kappa shape index (κ2) is 8.52. The van der Waals surface area contributed by atoms with Gasteiger partial charge in [-0.1, -0.05) is 29.3 Å². The van der Waals surface area contributed by atoms with Crippen LogP contribution in [-0.2, 0) is 16.0 Å². The molecular formula is C18H19Cl2N3O2. The van der Waals surface area contributed by atoms with Crippen LogP contribution in [-0.4, -0.2) is 30.1 Å². The Bertz CT molecular complexity index is 732. The number of pyridine rings is 1. The van der Waals surface area contributed by atoms with Crippen molar-refractivity contribution in [2.24, 2.45) is 0 Å². The van der Waals surface area contributed by atoms with Gasteiger partial charge in [-0.15, -0.1) is 0 Å². The SMILES string of the molecule is O=C(Nc1ccc(NCCc2ccc(Cl)cc2Cl)nc1)C1CCCO1. The van der Waals surface area contributed by atoms with Crippen molar-refractivity contribution in [3.63, 3.8) is 0 Å². The monoisotopic (exact) mass is 379 g/mol. The molecule has 1 atom stereocenters. The zero-order valence-electron chi connectivity index (χ0n) is 13.6. The third-order valence-corrected chi connectivity index (χ3v) is 4.56. The van der Waals surface area contributed by atoms with Crippen LogP contribution < -0.4 is 10.6 Å². The lowest BCUT2D eigenvalue weighted by molar-refractivity contribution is -0.124. The molecule has 2 aromatic rings. The molecule has 0 radical (unpaired) electrons. The molecule has 1 unspecified atom stereocenters. The highest BCUT2D eigenvalue weighted by Gasteiger charge is 2.23. The van der Waals surface area contributed by atoms with Crippen LogP contribution in [0.2, 0.25) is 10.0 Å². The second-order valence-electron chi connectivity index (χ2n) is 5.84. The smallest absolute Gasteiger partial charge is 0.253 e. The fourth-order valence-electron chi connectivity index (χ4n) is 2.63. The number of ether oxygens (including phenoxy) is 1. The van der Waals surface area contributed by atoms with Gasteiger partial charge in [0.1, 0.15) is 11.9 Å². The molecule has 1 saturated heterocycles. The van der Waals surface area contributed by atoms with Crippen LogP contribution in [0.15, 0.2) is 36.5 Å². The van der Waals surface area contributed by atoms with E-state index in [4.69, 9.17) is 27.9 Å². The highest BCUT2D eigenvalue weighted by atomic mass is 35.5. The topological polar surface area (TPSA) is 63.2 Å². The van der Waals surface area contributed by atoms with Gasteiger partial charge in [-0.3, -0.25) is 4.79 Å². The van der Waals surface area contributed by atoms with Gasteiger partial charge in [-0.05, 0) is 49.1 Å². The number of amides is 1. The van der Waals surface area contributed by atoms with Crippen LogP contribution in [0.5, 0.6) is 0 Å². The van der Waals surface area contributed by atoms with Crippen molar-refractivity contribution in [3.05, 3.63) is 52.1 Å². The van der Waals surface area contributed by atoms with E-state index in [2.05, 4.69) is 15.6 Å². The van der Waals surface area contributed by atoms with Gasteiger partial charge in [-0.2, -0.15) is 0 Å². The third kappa shape index (κ3) is 5.08. The molecule has 0 saturated carbocycles. The van der Waals surface area contributed by atoms with Gasteiger partial charge in [0.25, 0.3) is 5.91 Å². The van der Waals surface area contributed by atoms with Gasteiger partial charge in [0.15, 0.2) is 0 Å². The molecule has 0 spiro atoms. The van der Waals surface area contributed by atoms with Gasteiger partial charge in [0.05, 0.1) is 11.9 Å². The number of aromatic nitrogens is 1. The van der Waals surface area contributed by atoms with Gasteiger partial charge in [0, 0.05) is 23.2 Å². The molecule has 25 heavy (non-hydrogen) atoms. The van der Waals surface area contributed by atoms with Crippen LogP contribution in [0.25, 0.3) is 0 Å². The van der Waals surface area contributed by atoms with Crippen molar-refractivity contribution >= 4 is 40.6 Å². The number of nitrogens with zero attached hydrogens (tertiary/aromatic N) is 1. The summed E-state index contributed by atoms with van der Waals surface area (Å²) in [5, 5.41) is 7.34. The van der Waals surface area contributed by atoms with Crippen LogP contribution >= 0.6 is 23.2 Å². The van der Waals surface area contributed by atoms with Gasteiger partial charge >= 0.3 is 0 Å². The summed E-state index contributed by atoms with van der Waals surface area (Å²) in [5.41, 5.74) is 1.69. The van der Waals surface area contributed by atoms with Crippen molar-refractivity contribution in [1.29, 1.82) is 0 Å². The number of halogens is 2. The molecule has 0 bridgehead atoms. The Labute approximate surface area is 156 Å². The predicted octanol–water partition coefficient (Wildman–Crippen LogP) is 4.16. The first-order valence-corrected chi connectivity index (χ1v) is 8.94. The maximum absolute atomic E-state index is 12.0. The average Bonchev–Trinajstić information content (AvgIpc) is 3.13. The maximum Gasteiger partial charge on any atom is 0.253 e. The van der Waals surface area contributed by atoms with E-state index in [-0.39, 0.29) is 12.0 Å². The summed E-state index contributed by atoms with van der Waals surface area (Å²) in [7, 11) is 0. The molecule has 1 aromatic carbocycles. The van der Waals surface area contributed by atoms with E-state index in [0.29, 0.717) is 28.9 Å². The predicted molar refractivity (Wildman–Crippen MR) is 100 cm³/mol. The zero-order chi connectivity index (χ0) is 17.6. The molecule has 7 heteroatoms. The number of benzene rings is 1. The Balaban J connectivity index is 1.48. The average molecular weight is 380 g/mol. The van der Waals surface area contributed by atoms with Gasteiger partial charge in [-0.25, -0.2) is 4.98 Å². The highest BCUT2D eigenvalue weighted by Crippen LogP contribution is 2.21. The first kappa shape index (κ1) is 18.0. The van der Waals surface area contributed by atoms with Crippen molar-refractivity contribution in [2.45, 2.75) is 25.4 Å². The molecule has 0 aliphatic carbocycles. The molecule has 1 fully saturated rings. The van der Waals surface area contributed by atoms with E-state index in [1.54, 1.807) is 12.3 Å². The van der Waals surface area contributed by atoms with E-state index in [9.17, 15) is 4.79 Å². The lowest BCUT2D eigenvalue weighted by Gasteiger charge is -2.11. The molecule has 2 heterocycles.